The molecule has 210 valence electrons. The largest absolute Gasteiger partial charge is 0.493 e. The zero-order valence-electron chi connectivity index (χ0n) is 23.7. The van der Waals surface area contributed by atoms with Gasteiger partial charge in [0.25, 0.3) is 0 Å². The Balaban J connectivity index is 0. The van der Waals surface area contributed by atoms with Gasteiger partial charge in [0.05, 0.1) is 13.2 Å². The summed E-state index contributed by atoms with van der Waals surface area (Å²) in [6, 6.07) is 14.6. The standard InChI is InChI=1S/C27H30O5.2C2H6.CH4O/c1-3-6-21(4-2)9-17-26(28)23-11-15-25(16-12-23)32-20-5-19-31-24-13-7-22(8-14-24)10-18-27(29)30;3*1-2/h3-4,6-8,11-16H,1-2,5,9-10,17-20H2,(H,29,30);2*1-2H3;2H,1H3/b21-6+;;;. The zero-order valence-corrected chi connectivity index (χ0v) is 23.7. The number of hydrogen-bond acceptors (Lipinski definition) is 5. The van der Waals surface area contributed by atoms with Crippen LogP contribution in [-0.2, 0) is 11.2 Å². The smallest absolute Gasteiger partial charge is 0.303 e. The Morgan fingerprint density at radius 3 is 1.74 bits per heavy atom. The number of aryl methyl sites for hydroxylation is 1. The van der Waals surface area contributed by atoms with Gasteiger partial charge in [-0.15, -0.1) is 0 Å². The lowest BCUT2D eigenvalue weighted by molar-refractivity contribution is -0.136. The number of aliphatic carboxylic acids is 1. The Morgan fingerprint density at radius 2 is 1.29 bits per heavy atom. The lowest BCUT2D eigenvalue weighted by Gasteiger charge is -2.09. The summed E-state index contributed by atoms with van der Waals surface area (Å²) >= 11 is 0. The summed E-state index contributed by atoms with van der Waals surface area (Å²) in [5.41, 5.74) is 2.62. The molecule has 38 heavy (non-hydrogen) atoms. The first kappa shape index (κ1) is 36.5. The number of Topliss-reactive ketones (excluding diaryl/α,β-unsaturated/α-hetero) is 1. The van der Waals surface area contributed by atoms with Gasteiger partial charge in [-0.3, -0.25) is 9.59 Å². The van der Waals surface area contributed by atoms with Crippen LogP contribution in [0, 0.1) is 0 Å². The Labute approximate surface area is 229 Å². The second-order valence-corrected chi connectivity index (χ2v) is 7.22. The fourth-order valence-electron chi connectivity index (χ4n) is 2.99. The average molecular weight is 527 g/mol. The fourth-order valence-corrected chi connectivity index (χ4v) is 2.99. The van der Waals surface area contributed by atoms with Crippen LogP contribution in [0.25, 0.3) is 0 Å². The molecule has 0 amide bonds. The summed E-state index contributed by atoms with van der Waals surface area (Å²) in [6.45, 7) is 16.4. The normalized spacial score (nSPS) is 9.68. The molecule has 0 aliphatic heterocycles. The number of aliphatic hydroxyl groups excluding tert-OH is 1. The first-order valence-electron chi connectivity index (χ1n) is 13.1. The van der Waals surface area contributed by atoms with Crippen molar-refractivity contribution < 1.29 is 29.3 Å². The highest BCUT2D eigenvalue weighted by atomic mass is 16.5. The maximum atomic E-state index is 12.3. The van der Waals surface area contributed by atoms with Crippen molar-refractivity contribution in [1.29, 1.82) is 0 Å². The zero-order chi connectivity index (χ0) is 29.2. The summed E-state index contributed by atoms with van der Waals surface area (Å²) in [5, 5.41) is 15.7. The van der Waals surface area contributed by atoms with Crippen molar-refractivity contribution in [3.8, 4) is 11.5 Å². The van der Waals surface area contributed by atoms with Crippen LogP contribution in [0.1, 0.15) is 69.3 Å². The third kappa shape index (κ3) is 16.9. The van der Waals surface area contributed by atoms with Crippen molar-refractivity contribution >= 4 is 11.8 Å². The van der Waals surface area contributed by atoms with Crippen LogP contribution >= 0.6 is 0 Å². The molecule has 0 bridgehead atoms. The molecule has 0 saturated carbocycles. The van der Waals surface area contributed by atoms with Crippen LogP contribution in [0.4, 0.5) is 0 Å². The summed E-state index contributed by atoms with van der Waals surface area (Å²) < 4.78 is 11.4. The highest BCUT2D eigenvalue weighted by Crippen LogP contribution is 2.17. The van der Waals surface area contributed by atoms with Crippen LogP contribution in [0.2, 0.25) is 0 Å². The topological polar surface area (TPSA) is 93.1 Å². The molecule has 0 saturated heterocycles. The van der Waals surface area contributed by atoms with Gasteiger partial charge in [-0.25, -0.2) is 0 Å². The maximum absolute atomic E-state index is 12.3. The van der Waals surface area contributed by atoms with Crippen molar-refractivity contribution in [3.05, 3.63) is 96.6 Å². The number of hydrogen-bond donors (Lipinski definition) is 2. The molecule has 0 heterocycles. The van der Waals surface area contributed by atoms with Gasteiger partial charge < -0.3 is 19.7 Å². The summed E-state index contributed by atoms with van der Waals surface area (Å²) in [5.74, 6) is 0.734. The van der Waals surface area contributed by atoms with Gasteiger partial charge >= 0.3 is 5.97 Å². The summed E-state index contributed by atoms with van der Waals surface area (Å²) in [4.78, 5) is 22.9. The van der Waals surface area contributed by atoms with E-state index in [1.54, 1.807) is 36.4 Å². The monoisotopic (exact) mass is 526 g/mol. The molecular formula is C32H46O6. The molecule has 0 atom stereocenters. The van der Waals surface area contributed by atoms with Crippen LogP contribution in [-0.4, -0.2) is 42.3 Å². The van der Waals surface area contributed by atoms with Gasteiger partial charge in [-0.2, -0.15) is 0 Å². The van der Waals surface area contributed by atoms with Gasteiger partial charge in [0.2, 0.25) is 0 Å². The predicted octanol–water partition coefficient (Wildman–Crippen LogP) is 7.47. The number of ether oxygens (including phenoxy) is 2. The Hall–Kier alpha value is -3.64. The third-order valence-corrected chi connectivity index (χ3v) is 4.79. The quantitative estimate of drug-likeness (QED) is 0.142. The minimum Gasteiger partial charge on any atom is -0.493 e. The van der Waals surface area contributed by atoms with Gasteiger partial charge in [-0.05, 0) is 60.4 Å². The van der Waals surface area contributed by atoms with E-state index < -0.39 is 5.97 Å². The number of carbonyl (C=O) groups is 2. The Kier molecular flexibility index (Phi) is 24.1. The minimum absolute atomic E-state index is 0.0794. The van der Waals surface area contributed by atoms with E-state index in [4.69, 9.17) is 19.7 Å². The molecule has 0 aliphatic carbocycles. The first-order chi connectivity index (χ1) is 18.5. The molecule has 2 aromatic rings. The molecule has 0 unspecified atom stereocenters. The van der Waals surface area contributed by atoms with E-state index >= 15 is 0 Å². The van der Waals surface area contributed by atoms with Gasteiger partial charge in [-0.1, -0.05) is 71.2 Å². The van der Waals surface area contributed by atoms with Crippen molar-refractivity contribution in [1.82, 2.24) is 0 Å². The number of ketones is 1. The molecule has 0 fully saturated rings. The third-order valence-electron chi connectivity index (χ3n) is 4.79. The van der Waals surface area contributed by atoms with Gasteiger partial charge in [0.15, 0.2) is 5.78 Å². The second-order valence-electron chi connectivity index (χ2n) is 7.22. The van der Waals surface area contributed by atoms with Crippen molar-refractivity contribution in [2.75, 3.05) is 20.3 Å². The summed E-state index contributed by atoms with van der Waals surface area (Å²) in [6.07, 6.45) is 7.69. The van der Waals surface area contributed by atoms with Gasteiger partial charge in [0, 0.05) is 31.9 Å². The van der Waals surface area contributed by atoms with E-state index in [-0.39, 0.29) is 12.2 Å². The van der Waals surface area contributed by atoms with E-state index in [1.807, 2.05) is 58.0 Å². The highest BCUT2D eigenvalue weighted by molar-refractivity contribution is 5.96. The lowest BCUT2D eigenvalue weighted by Crippen LogP contribution is -2.05. The van der Waals surface area contributed by atoms with Crippen LogP contribution in [0.3, 0.4) is 0 Å². The number of rotatable bonds is 15. The number of carbonyl (C=O) groups excluding carboxylic acids is 1. The average Bonchev–Trinajstić information content (AvgIpc) is 2.98. The molecular weight excluding hydrogens is 480 g/mol. The van der Waals surface area contributed by atoms with E-state index in [9.17, 15) is 9.59 Å². The molecule has 2 N–H and O–H groups in total. The van der Waals surface area contributed by atoms with Crippen LogP contribution in [0.15, 0.2) is 85.5 Å². The van der Waals surface area contributed by atoms with E-state index in [0.29, 0.717) is 50.2 Å². The maximum Gasteiger partial charge on any atom is 0.303 e. The lowest BCUT2D eigenvalue weighted by atomic mass is 10.0. The molecule has 6 nitrogen and oxygen atoms in total. The Bertz CT molecular complexity index is 927. The number of benzene rings is 2. The van der Waals surface area contributed by atoms with Crippen LogP contribution < -0.4 is 9.47 Å². The second kappa shape index (κ2) is 25.0. The van der Waals surface area contributed by atoms with Crippen molar-refractivity contribution in [2.45, 2.75) is 59.8 Å². The predicted molar refractivity (Wildman–Crippen MR) is 157 cm³/mol. The first-order valence-corrected chi connectivity index (χ1v) is 13.1. The summed E-state index contributed by atoms with van der Waals surface area (Å²) in [7, 11) is 1.00. The van der Waals surface area contributed by atoms with Crippen molar-refractivity contribution in [2.24, 2.45) is 0 Å². The van der Waals surface area contributed by atoms with Crippen molar-refractivity contribution in [3.63, 3.8) is 0 Å². The molecule has 0 aliphatic rings. The SMILES string of the molecule is C=C/C=C(\C=C)CCC(=O)c1ccc(OCCCOc2ccc(CCC(=O)O)cc2)cc1.CC.CC.CO. The molecule has 0 radical (unpaired) electrons. The minimum atomic E-state index is -0.801. The molecule has 6 heteroatoms. The molecule has 2 aromatic carbocycles. The van der Waals surface area contributed by atoms with Crippen LogP contribution in [0.5, 0.6) is 11.5 Å². The fraction of sp³-hybridized carbons (Fsp3) is 0.375. The number of allylic oxidation sites excluding steroid dienone is 4. The van der Waals surface area contributed by atoms with Gasteiger partial charge in [0.1, 0.15) is 11.5 Å². The Morgan fingerprint density at radius 1 is 0.789 bits per heavy atom. The number of aliphatic hydroxyl groups is 1. The molecule has 0 spiro atoms. The van der Waals surface area contributed by atoms with E-state index in [0.717, 1.165) is 24.0 Å². The van der Waals surface area contributed by atoms with E-state index in [1.165, 1.54) is 0 Å². The molecule has 2 rings (SSSR count). The molecule has 0 aromatic heterocycles. The number of carboxylic acid groups (broad SMARTS) is 1. The highest BCUT2D eigenvalue weighted by Gasteiger charge is 2.07. The number of carboxylic acids is 1. The van der Waals surface area contributed by atoms with E-state index in [2.05, 4.69) is 13.2 Å².